The van der Waals surface area contributed by atoms with Gasteiger partial charge in [0.15, 0.2) is 0 Å². The number of hydrogen-bond donors (Lipinski definition) is 1. The zero-order valence-corrected chi connectivity index (χ0v) is 17.0. The van der Waals surface area contributed by atoms with Crippen molar-refractivity contribution < 1.29 is 18.8 Å². The number of ether oxygens (including phenoxy) is 1. The summed E-state index contributed by atoms with van der Waals surface area (Å²) in [6.07, 6.45) is 10.3. The Labute approximate surface area is 182 Å². The average molecular weight is 437 g/mol. The second kappa shape index (κ2) is 9.46. The van der Waals surface area contributed by atoms with Crippen LogP contribution in [-0.2, 0) is 0 Å². The van der Waals surface area contributed by atoms with Crippen molar-refractivity contribution in [3.8, 4) is 17.3 Å². The highest BCUT2D eigenvalue weighted by atomic mass is 19.1. The van der Waals surface area contributed by atoms with Crippen LogP contribution in [0, 0.1) is 15.9 Å². The Bertz CT molecular complexity index is 1120. The van der Waals surface area contributed by atoms with E-state index in [2.05, 4.69) is 20.3 Å². The number of carbonyl (C=O) groups excluding carboxylic acids is 1. The van der Waals surface area contributed by atoms with Gasteiger partial charge in [0, 0.05) is 24.0 Å². The van der Waals surface area contributed by atoms with Gasteiger partial charge in [-0.15, -0.1) is 0 Å². The lowest BCUT2D eigenvalue weighted by Gasteiger charge is -2.21. The molecule has 1 N–H and O–H groups in total. The van der Waals surface area contributed by atoms with E-state index >= 15 is 0 Å². The average Bonchev–Trinajstić information content (AvgIpc) is 2.80. The fourth-order valence-electron chi connectivity index (χ4n) is 3.53. The van der Waals surface area contributed by atoms with Gasteiger partial charge in [0.2, 0.25) is 0 Å². The lowest BCUT2D eigenvalue weighted by Crippen LogP contribution is -2.20. The van der Waals surface area contributed by atoms with Crippen LogP contribution in [-0.4, -0.2) is 31.9 Å². The number of amides is 1. The molecule has 0 aliphatic heterocycles. The summed E-state index contributed by atoms with van der Waals surface area (Å²) in [5.74, 6) is -1.55. The fraction of sp³-hybridized carbons (Fsp3) is 0.273. The van der Waals surface area contributed by atoms with Crippen molar-refractivity contribution in [2.24, 2.45) is 0 Å². The summed E-state index contributed by atoms with van der Waals surface area (Å²) in [5.41, 5.74) is 0.682. The van der Waals surface area contributed by atoms with Crippen molar-refractivity contribution >= 4 is 17.3 Å². The maximum atomic E-state index is 13.5. The topological polar surface area (TPSA) is 120 Å². The van der Waals surface area contributed by atoms with Crippen LogP contribution in [0.2, 0.25) is 0 Å². The molecule has 1 fully saturated rings. The number of hydrogen-bond acceptors (Lipinski definition) is 7. The minimum Gasteiger partial charge on any atom is -0.460 e. The van der Waals surface area contributed by atoms with E-state index in [9.17, 15) is 19.3 Å². The van der Waals surface area contributed by atoms with E-state index in [1.165, 1.54) is 12.6 Å². The third-order valence-electron chi connectivity index (χ3n) is 5.17. The van der Waals surface area contributed by atoms with Crippen LogP contribution in [0.1, 0.15) is 42.5 Å². The van der Waals surface area contributed by atoms with Gasteiger partial charge in [-0.1, -0.05) is 6.42 Å². The van der Waals surface area contributed by atoms with Crippen molar-refractivity contribution in [1.82, 2.24) is 15.0 Å². The summed E-state index contributed by atoms with van der Waals surface area (Å²) in [7, 11) is 0. The van der Waals surface area contributed by atoms with Gasteiger partial charge in [0.25, 0.3) is 11.6 Å². The lowest BCUT2D eigenvalue weighted by molar-refractivity contribution is -0.385. The first-order valence-electron chi connectivity index (χ1n) is 10.2. The number of pyridine rings is 1. The van der Waals surface area contributed by atoms with Crippen LogP contribution in [0.5, 0.6) is 6.01 Å². The van der Waals surface area contributed by atoms with E-state index in [0.717, 1.165) is 43.9 Å². The Morgan fingerprint density at radius 3 is 2.47 bits per heavy atom. The minimum absolute atomic E-state index is 0.157. The molecule has 1 amide bonds. The molecule has 0 radical (unpaired) electrons. The summed E-state index contributed by atoms with van der Waals surface area (Å²) >= 11 is 0. The maximum absolute atomic E-state index is 13.5. The number of anilines is 1. The molecular weight excluding hydrogens is 417 g/mol. The number of benzene rings is 1. The largest absolute Gasteiger partial charge is 0.460 e. The number of nitrogens with zero attached hydrogens (tertiary/aromatic N) is 4. The van der Waals surface area contributed by atoms with Crippen molar-refractivity contribution in [3.63, 3.8) is 0 Å². The molecule has 3 aromatic rings. The molecule has 0 bridgehead atoms. The molecule has 0 saturated heterocycles. The van der Waals surface area contributed by atoms with Crippen LogP contribution in [0.4, 0.5) is 15.8 Å². The van der Waals surface area contributed by atoms with Crippen molar-refractivity contribution in [1.29, 1.82) is 0 Å². The summed E-state index contributed by atoms with van der Waals surface area (Å²) in [5, 5.41) is 13.6. The second-order valence-corrected chi connectivity index (χ2v) is 7.44. The molecule has 1 aromatic carbocycles. The van der Waals surface area contributed by atoms with E-state index < -0.39 is 22.3 Å². The van der Waals surface area contributed by atoms with E-state index in [4.69, 9.17) is 4.74 Å². The number of aromatic nitrogens is 3. The van der Waals surface area contributed by atoms with E-state index in [1.807, 2.05) is 0 Å². The van der Waals surface area contributed by atoms with Gasteiger partial charge in [-0.2, -0.15) is 0 Å². The highest BCUT2D eigenvalue weighted by molar-refractivity contribution is 6.07. The molecule has 0 unspecified atom stereocenters. The number of rotatable bonds is 6. The quantitative estimate of drug-likeness (QED) is 0.444. The van der Waals surface area contributed by atoms with Gasteiger partial charge in [-0.05, 0) is 49.9 Å². The molecule has 0 spiro atoms. The Morgan fingerprint density at radius 1 is 1.06 bits per heavy atom. The molecule has 32 heavy (non-hydrogen) atoms. The van der Waals surface area contributed by atoms with Crippen LogP contribution < -0.4 is 10.1 Å². The van der Waals surface area contributed by atoms with E-state index in [0.29, 0.717) is 23.0 Å². The molecule has 1 saturated carbocycles. The summed E-state index contributed by atoms with van der Waals surface area (Å²) < 4.78 is 19.3. The standard InChI is InChI=1S/C22H20FN5O4/c23-15-6-9-20(28(30)31)18(10-15)21(29)27-16-7-8-19(24-13-16)14-11-25-22(26-12-14)32-17-4-2-1-3-5-17/h6-13,17H,1-5H2,(H,27,29). The minimum atomic E-state index is -0.807. The predicted molar refractivity (Wildman–Crippen MR) is 114 cm³/mol. The van der Waals surface area contributed by atoms with Gasteiger partial charge in [0.05, 0.1) is 22.5 Å². The highest BCUT2D eigenvalue weighted by Crippen LogP contribution is 2.24. The molecule has 0 atom stereocenters. The third kappa shape index (κ3) is 5.02. The number of nitrogens with one attached hydrogen (secondary N) is 1. The zero-order chi connectivity index (χ0) is 22.5. The third-order valence-corrected chi connectivity index (χ3v) is 5.17. The summed E-state index contributed by atoms with van der Waals surface area (Å²) in [6, 6.07) is 6.27. The fourth-order valence-corrected chi connectivity index (χ4v) is 3.53. The molecule has 1 aliphatic rings. The van der Waals surface area contributed by atoms with Crippen LogP contribution >= 0.6 is 0 Å². The maximum Gasteiger partial charge on any atom is 0.316 e. The van der Waals surface area contributed by atoms with Crippen molar-refractivity contribution in [3.05, 3.63) is 70.4 Å². The van der Waals surface area contributed by atoms with Crippen LogP contribution in [0.15, 0.2) is 48.9 Å². The normalized spacial score (nSPS) is 14.0. The molecule has 4 rings (SSSR count). The lowest BCUT2D eigenvalue weighted by atomic mass is 9.98. The first kappa shape index (κ1) is 21.3. The molecule has 2 aromatic heterocycles. The molecular formula is C22H20FN5O4. The van der Waals surface area contributed by atoms with Crippen molar-refractivity contribution in [2.75, 3.05) is 5.32 Å². The molecule has 10 heteroatoms. The molecule has 9 nitrogen and oxygen atoms in total. The Kier molecular flexibility index (Phi) is 6.29. The molecule has 1 aliphatic carbocycles. The summed E-state index contributed by atoms with van der Waals surface area (Å²) in [6.45, 7) is 0. The van der Waals surface area contributed by atoms with Gasteiger partial charge in [-0.25, -0.2) is 14.4 Å². The van der Waals surface area contributed by atoms with Gasteiger partial charge < -0.3 is 10.1 Å². The van der Waals surface area contributed by atoms with Crippen LogP contribution in [0.25, 0.3) is 11.3 Å². The first-order chi connectivity index (χ1) is 15.5. The highest BCUT2D eigenvalue weighted by Gasteiger charge is 2.21. The number of carbonyl (C=O) groups is 1. The molecule has 164 valence electrons. The second-order valence-electron chi connectivity index (χ2n) is 7.44. The Morgan fingerprint density at radius 2 is 1.81 bits per heavy atom. The van der Waals surface area contributed by atoms with Crippen LogP contribution in [0.3, 0.4) is 0 Å². The number of nitro groups is 1. The smallest absolute Gasteiger partial charge is 0.316 e. The number of halogens is 1. The number of nitro benzene ring substituents is 1. The summed E-state index contributed by atoms with van der Waals surface area (Å²) in [4.78, 5) is 35.5. The Balaban J connectivity index is 1.42. The van der Waals surface area contributed by atoms with Gasteiger partial charge in [-0.3, -0.25) is 19.9 Å². The monoisotopic (exact) mass is 437 g/mol. The van der Waals surface area contributed by atoms with Gasteiger partial charge >= 0.3 is 6.01 Å². The molecule has 2 heterocycles. The first-order valence-corrected chi connectivity index (χ1v) is 10.2. The van der Waals surface area contributed by atoms with Gasteiger partial charge in [0.1, 0.15) is 17.5 Å². The Hall–Kier alpha value is -3.95. The van der Waals surface area contributed by atoms with E-state index in [-0.39, 0.29) is 11.7 Å². The zero-order valence-electron chi connectivity index (χ0n) is 17.0. The van der Waals surface area contributed by atoms with Crippen molar-refractivity contribution in [2.45, 2.75) is 38.2 Å². The van der Waals surface area contributed by atoms with E-state index in [1.54, 1.807) is 24.5 Å². The predicted octanol–water partition coefficient (Wildman–Crippen LogP) is 4.55. The SMILES string of the molecule is O=C(Nc1ccc(-c2cnc(OC3CCCCC3)nc2)nc1)c1cc(F)ccc1[N+](=O)[O-].